The van der Waals surface area contributed by atoms with Crippen molar-refractivity contribution in [2.24, 2.45) is 5.92 Å². The Labute approximate surface area is 114 Å². The molecule has 2 nitrogen and oxygen atoms in total. The van der Waals surface area contributed by atoms with Gasteiger partial charge in [0.1, 0.15) is 0 Å². The Balaban J connectivity index is 2.28. The van der Waals surface area contributed by atoms with E-state index in [1.807, 2.05) is 0 Å². The normalized spacial score (nSPS) is 24.7. The smallest absolute Gasteiger partial charge is 0.0631 e. The van der Waals surface area contributed by atoms with Crippen molar-refractivity contribution in [3.63, 3.8) is 0 Å². The maximum absolute atomic E-state index is 6.08. The zero-order chi connectivity index (χ0) is 13.6. The topological polar surface area (TPSA) is 21.3 Å². The van der Waals surface area contributed by atoms with Gasteiger partial charge in [-0.15, -0.1) is 0 Å². The van der Waals surface area contributed by atoms with Crippen molar-refractivity contribution in [3.8, 4) is 0 Å². The number of ether oxygens (including phenoxy) is 1. The van der Waals surface area contributed by atoms with Crippen molar-refractivity contribution in [1.29, 1.82) is 0 Å². The van der Waals surface area contributed by atoms with Gasteiger partial charge >= 0.3 is 0 Å². The molecule has 0 saturated carbocycles. The highest BCUT2D eigenvalue weighted by molar-refractivity contribution is 4.82. The fraction of sp³-hybridized carbons (Fsp3) is 1.00. The molecule has 0 aliphatic carbocycles. The second-order valence-electron chi connectivity index (χ2n) is 6.90. The van der Waals surface area contributed by atoms with Crippen LogP contribution < -0.4 is 5.32 Å². The van der Waals surface area contributed by atoms with Gasteiger partial charge in [-0.05, 0) is 64.8 Å². The SMILES string of the molecule is CCCNC(CCC1CCC(C)(C)O1)CC(C)C. The van der Waals surface area contributed by atoms with E-state index >= 15 is 0 Å². The van der Waals surface area contributed by atoms with E-state index in [-0.39, 0.29) is 5.60 Å². The molecule has 1 N–H and O–H groups in total. The number of nitrogens with one attached hydrogen (secondary N) is 1. The highest BCUT2D eigenvalue weighted by Crippen LogP contribution is 2.32. The fourth-order valence-corrected chi connectivity index (χ4v) is 2.89. The van der Waals surface area contributed by atoms with Crippen LogP contribution in [0.5, 0.6) is 0 Å². The summed E-state index contributed by atoms with van der Waals surface area (Å²) in [5, 5.41) is 3.69. The third kappa shape index (κ3) is 6.19. The molecule has 18 heavy (non-hydrogen) atoms. The van der Waals surface area contributed by atoms with Gasteiger partial charge in [0, 0.05) is 6.04 Å². The van der Waals surface area contributed by atoms with Crippen molar-refractivity contribution >= 4 is 0 Å². The van der Waals surface area contributed by atoms with E-state index in [9.17, 15) is 0 Å². The Morgan fingerprint density at radius 1 is 1.33 bits per heavy atom. The van der Waals surface area contributed by atoms with Crippen LogP contribution in [0.15, 0.2) is 0 Å². The molecule has 108 valence electrons. The van der Waals surface area contributed by atoms with Gasteiger partial charge in [0.25, 0.3) is 0 Å². The minimum Gasteiger partial charge on any atom is -0.372 e. The second kappa shape index (κ2) is 7.49. The van der Waals surface area contributed by atoms with E-state index in [4.69, 9.17) is 4.74 Å². The van der Waals surface area contributed by atoms with Crippen LogP contribution in [0.4, 0.5) is 0 Å². The van der Waals surface area contributed by atoms with Gasteiger partial charge in [-0.1, -0.05) is 20.8 Å². The minimum absolute atomic E-state index is 0.120. The summed E-state index contributed by atoms with van der Waals surface area (Å²) in [4.78, 5) is 0. The van der Waals surface area contributed by atoms with Crippen LogP contribution in [0, 0.1) is 5.92 Å². The zero-order valence-electron chi connectivity index (χ0n) is 13.1. The van der Waals surface area contributed by atoms with E-state index in [0.29, 0.717) is 12.1 Å². The average Bonchev–Trinajstić information content (AvgIpc) is 2.61. The third-order valence-electron chi connectivity index (χ3n) is 3.83. The number of hydrogen-bond acceptors (Lipinski definition) is 2. The van der Waals surface area contributed by atoms with Crippen LogP contribution in [0.25, 0.3) is 0 Å². The van der Waals surface area contributed by atoms with Gasteiger partial charge in [0.15, 0.2) is 0 Å². The molecule has 2 atom stereocenters. The Hall–Kier alpha value is -0.0800. The molecule has 2 unspecified atom stereocenters. The molecule has 1 aliphatic heterocycles. The molecule has 0 aromatic carbocycles. The van der Waals surface area contributed by atoms with Crippen LogP contribution in [0.3, 0.4) is 0 Å². The van der Waals surface area contributed by atoms with Crippen molar-refractivity contribution < 1.29 is 4.74 Å². The minimum atomic E-state index is 0.120. The first-order valence-corrected chi connectivity index (χ1v) is 7.84. The van der Waals surface area contributed by atoms with E-state index in [0.717, 1.165) is 12.5 Å². The molecule has 0 amide bonds. The van der Waals surface area contributed by atoms with Crippen molar-refractivity contribution in [2.75, 3.05) is 6.54 Å². The van der Waals surface area contributed by atoms with Gasteiger partial charge in [0.2, 0.25) is 0 Å². The Kier molecular flexibility index (Phi) is 6.65. The molecule has 0 aromatic heterocycles. The molecule has 0 radical (unpaired) electrons. The Morgan fingerprint density at radius 3 is 2.56 bits per heavy atom. The molecule has 1 rings (SSSR count). The van der Waals surface area contributed by atoms with Crippen LogP contribution in [-0.4, -0.2) is 24.3 Å². The molecular weight excluding hydrogens is 222 g/mol. The second-order valence-corrected chi connectivity index (χ2v) is 6.90. The van der Waals surface area contributed by atoms with E-state index in [1.54, 1.807) is 0 Å². The maximum atomic E-state index is 6.08. The molecule has 2 heteroatoms. The molecule has 1 aliphatic rings. The molecule has 1 heterocycles. The summed E-state index contributed by atoms with van der Waals surface area (Å²) in [6.45, 7) is 12.4. The monoisotopic (exact) mass is 255 g/mol. The molecule has 0 bridgehead atoms. The predicted octanol–water partition coefficient (Wildman–Crippen LogP) is 4.14. The highest BCUT2D eigenvalue weighted by Gasteiger charge is 2.31. The lowest BCUT2D eigenvalue weighted by molar-refractivity contribution is -0.0200. The van der Waals surface area contributed by atoms with Gasteiger partial charge in [-0.2, -0.15) is 0 Å². The first-order chi connectivity index (χ1) is 8.43. The fourth-order valence-electron chi connectivity index (χ4n) is 2.89. The van der Waals surface area contributed by atoms with Crippen LogP contribution in [0.1, 0.15) is 73.1 Å². The quantitative estimate of drug-likeness (QED) is 0.704. The first-order valence-electron chi connectivity index (χ1n) is 7.84. The lowest BCUT2D eigenvalue weighted by atomic mass is 9.97. The summed E-state index contributed by atoms with van der Waals surface area (Å²) in [7, 11) is 0. The van der Waals surface area contributed by atoms with Crippen molar-refractivity contribution in [1.82, 2.24) is 5.32 Å². The first kappa shape index (κ1) is 16.0. The van der Waals surface area contributed by atoms with E-state index < -0.39 is 0 Å². The molecule has 1 fully saturated rings. The van der Waals surface area contributed by atoms with E-state index in [1.165, 1.54) is 38.5 Å². The summed E-state index contributed by atoms with van der Waals surface area (Å²) < 4.78 is 6.08. The summed E-state index contributed by atoms with van der Waals surface area (Å²) in [5.74, 6) is 0.778. The summed E-state index contributed by atoms with van der Waals surface area (Å²) in [5.41, 5.74) is 0.120. The zero-order valence-corrected chi connectivity index (χ0v) is 13.1. The van der Waals surface area contributed by atoms with Gasteiger partial charge < -0.3 is 10.1 Å². The van der Waals surface area contributed by atoms with Crippen LogP contribution >= 0.6 is 0 Å². The summed E-state index contributed by atoms with van der Waals surface area (Å²) in [6.07, 6.45) is 7.95. The Morgan fingerprint density at radius 2 is 2.06 bits per heavy atom. The van der Waals surface area contributed by atoms with E-state index in [2.05, 4.69) is 39.9 Å². The third-order valence-corrected chi connectivity index (χ3v) is 3.83. The molecule has 0 aromatic rings. The summed E-state index contributed by atoms with van der Waals surface area (Å²) in [6, 6.07) is 0.678. The van der Waals surface area contributed by atoms with Gasteiger partial charge in [-0.3, -0.25) is 0 Å². The average molecular weight is 255 g/mol. The summed E-state index contributed by atoms with van der Waals surface area (Å²) >= 11 is 0. The van der Waals surface area contributed by atoms with Crippen molar-refractivity contribution in [3.05, 3.63) is 0 Å². The highest BCUT2D eigenvalue weighted by atomic mass is 16.5. The predicted molar refractivity (Wildman–Crippen MR) is 79.0 cm³/mol. The van der Waals surface area contributed by atoms with Crippen molar-refractivity contribution in [2.45, 2.75) is 90.9 Å². The molecular formula is C16H33NO. The Bertz CT molecular complexity index is 225. The number of rotatable bonds is 8. The standard InChI is InChI=1S/C16H33NO/c1-6-11-17-14(12-13(2)3)7-8-15-9-10-16(4,5)18-15/h13-15,17H,6-12H2,1-5H3. The van der Waals surface area contributed by atoms with Gasteiger partial charge in [-0.25, -0.2) is 0 Å². The maximum Gasteiger partial charge on any atom is 0.0631 e. The lowest BCUT2D eigenvalue weighted by Gasteiger charge is -2.23. The largest absolute Gasteiger partial charge is 0.372 e. The van der Waals surface area contributed by atoms with Crippen LogP contribution in [-0.2, 0) is 4.74 Å². The lowest BCUT2D eigenvalue weighted by Crippen LogP contribution is -2.32. The van der Waals surface area contributed by atoms with Gasteiger partial charge in [0.05, 0.1) is 11.7 Å². The van der Waals surface area contributed by atoms with Crippen LogP contribution in [0.2, 0.25) is 0 Å². The molecule has 1 saturated heterocycles. The molecule has 0 spiro atoms. The number of hydrogen-bond donors (Lipinski definition) is 1.